The number of hydrogen-bond acceptors (Lipinski definition) is 6. The molecule has 8 heteroatoms. The van der Waals surface area contributed by atoms with Crippen molar-refractivity contribution in [1.29, 1.82) is 0 Å². The van der Waals surface area contributed by atoms with Crippen LogP contribution in [0.3, 0.4) is 0 Å². The molecule has 1 heterocycles. The van der Waals surface area contributed by atoms with Crippen molar-refractivity contribution in [3.8, 4) is 17.2 Å². The number of carbonyl (C=O) groups excluding carboxylic acids is 2. The largest absolute Gasteiger partial charge is 0.496 e. The van der Waals surface area contributed by atoms with E-state index in [4.69, 9.17) is 14.2 Å². The maximum atomic E-state index is 12.8. The zero-order valence-electron chi connectivity index (χ0n) is 16.6. The quantitative estimate of drug-likeness (QED) is 0.748. The molecule has 0 spiro atoms. The monoisotopic (exact) mass is 416 g/mol. The van der Waals surface area contributed by atoms with Crippen molar-refractivity contribution in [1.82, 2.24) is 10.2 Å². The van der Waals surface area contributed by atoms with E-state index in [-0.39, 0.29) is 23.7 Å². The molecule has 2 aromatic rings. The summed E-state index contributed by atoms with van der Waals surface area (Å²) in [5.74, 6) is 2.12. The minimum absolute atomic E-state index is 0.0691. The van der Waals surface area contributed by atoms with Gasteiger partial charge in [-0.1, -0.05) is 18.2 Å². The zero-order chi connectivity index (χ0) is 20.8. The predicted molar refractivity (Wildman–Crippen MR) is 112 cm³/mol. The summed E-state index contributed by atoms with van der Waals surface area (Å²) in [7, 11) is 4.71. The topological polar surface area (TPSA) is 77.1 Å². The number of amides is 2. The molecule has 154 valence electrons. The highest BCUT2D eigenvalue weighted by atomic mass is 32.2. The third-order valence-electron chi connectivity index (χ3n) is 4.65. The van der Waals surface area contributed by atoms with Gasteiger partial charge in [-0.3, -0.25) is 9.59 Å². The van der Waals surface area contributed by atoms with Crippen molar-refractivity contribution in [2.75, 3.05) is 40.2 Å². The van der Waals surface area contributed by atoms with Gasteiger partial charge < -0.3 is 24.4 Å². The van der Waals surface area contributed by atoms with Gasteiger partial charge in [0.2, 0.25) is 5.91 Å². The number of carbonyl (C=O) groups is 2. The van der Waals surface area contributed by atoms with Gasteiger partial charge in [0.05, 0.1) is 27.9 Å². The Morgan fingerprint density at radius 3 is 2.34 bits per heavy atom. The van der Waals surface area contributed by atoms with Crippen LogP contribution < -0.4 is 19.5 Å². The number of thioether (sulfide) groups is 1. The SMILES string of the molecule is COc1cc(OC)c(C2SCCN2C(=O)CNC(=O)c2ccccc2)cc1OC. The third-order valence-corrected chi connectivity index (χ3v) is 5.89. The molecular weight excluding hydrogens is 392 g/mol. The highest BCUT2D eigenvalue weighted by Crippen LogP contribution is 2.45. The van der Waals surface area contributed by atoms with Crippen LogP contribution in [-0.2, 0) is 4.79 Å². The van der Waals surface area contributed by atoms with E-state index in [1.54, 1.807) is 68.3 Å². The summed E-state index contributed by atoms with van der Waals surface area (Å²) >= 11 is 1.64. The Balaban J connectivity index is 1.76. The Morgan fingerprint density at radius 1 is 1.03 bits per heavy atom. The van der Waals surface area contributed by atoms with Crippen LogP contribution in [0.1, 0.15) is 21.3 Å². The van der Waals surface area contributed by atoms with Crippen molar-refractivity contribution in [3.05, 3.63) is 53.6 Å². The molecule has 1 aliphatic rings. The van der Waals surface area contributed by atoms with Crippen LogP contribution in [0.2, 0.25) is 0 Å². The first-order chi connectivity index (χ1) is 14.1. The molecule has 1 N–H and O–H groups in total. The number of methoxy groups -OCH3 is 3. The van der Waals surface area contributed by atoms with Crippen LogP contribution in [0.5, 0.6) is 17.2 Å². The second-order valence-electron chi connectivity index (χ2n) is 6.31. The molecule has 0 radical (unpaired) electrons. The number of ether oxygens (including phenoxy) is 3. The van der Waals surface area contributed by atoms with Crippen molar-refractivity contribution < 1.29 is 23.8 Å². The van der Waals surface area contributed by atoms with E-state index in [1.165, 1.54) is 0 Å². The Bertz CT molecular complexity index is 875. The third kappa shape index (κ3) is 4.59. The van der Waals surface area contributed by atoms with E-state index in [0.29, 0.717) is 29.4 Å². The van der Waals surface area contributed by atoms with E-state index < -0.39 is 0 Å². The summed E-state index contributed by atoms with van der Waals surface area (Å²) in [5, 5.41) is 2.47. The molecule has 0 bridgehead atoms. The van der Waals surface area contributed by atoms with Crippen LogP contribution in [0, 0.1) is 0 Å². The van der Waals surface area contributed by atoms with Crippen LogP contribution in [0.4, 0.5) is 0 Å². The summed E-state index contributed by atoms with van der Waals surface area (Å²) in [6.07, 6.45) is 0. The molecule has 2 amide bonds. The molecule has 2 aromatic carbocycles. The molecular formula is C21H24N2O5S. The van der Waals surface area contributed by atoms with E-state index in [0.717, 1.165) is 11.3 Å². The Labute approximate surface area is 174 Å². The van der Waals surface area contributed by atoms with E-state index in [1.807, 2.05) is 12.1 Å². The van der Waals surface area contributed by atoms with Gasteiger partial charge in [-0.25, -0.2) is 0 Å². The smallest absolute Gasteiger partial charge is 0.251 e. The van der Waals surface area contributed by atoms with Gasteiger partial charge in [-0.05, 0) is 18.2 Å². The highest BCUT2D eigenvalue weighted by molar-refractivity contribution is 7.99. The first-order valence-corrected chi connectivity index (χ1v) is 10.2. The van der Waals surface area contributed by atoms with Gasteiger partial charge >= 0.3 is 0 Å². The van der Waals surface area contributed by atoms with Crippen molar-refractivity contribution >= 4 is 23.6 Å². The van der Waals surface area contributed by atoms with Gasteiger partial charge in [0, 0.05) is 29.5 Å². The van der Waals surface area contributed by atoms with Crippen LogP contribution in [-0.4, -0.2) is 56.9 Å². The van der Waals surface area contributed by atoms with Gasteiger partial charge in [-0.15, -0.1) is 11.8 Å². The average Bonchev–Trinajstić information content (AvgIpc) is 3.26. The normalized spacial score (nSPS) is 15.7. The van der Waals surface area contributed by atoms with Gasteiger partial charge in [-0.2, -0.15) is 0 Å². The molecule has 3 rings (SSSR count). The lowest BCUT2D eigenvalue weighted by atomic mass is 10.1. The lowest BCUT2D eigenvalue weighted by molar-refractivity contribution is -0.130. The fourth-order valence-corrected chi connectivity index (χ4v) is 4.47. The minimum Gasteiger partial charge on any atom is -0.496 e. The van der Waals surface area contributed by atoms with Crippen molar-refractivity contribution in [2.24, 2.45) is 0 Å². The minimum atomic E-state index is -0.272. The summed E-state index contributed by atoms with van der Waals surface area (Å²) < 4.78 is 16.3. The van der Waals surface area contributed by atoms with Gasteiger partial charge in [0.15, 0.2) is 11.5 Å². The summed E-state index contributed by atoms with van der Waals surface area (Å²) in [6, 6.07) is 12.4. The Kier molecular flexibility index (Phi) is 6.87. The van der Waals surface area contributed by atoms with Crippen LogP contribution >= 0.6 is 11.8 Å². The first-order valence-electron chi connectivity index (χ1n) is 9.13. The number of nitrogens with zero attached hydrogens (tertiary/aromatic N) is 1. The van der Waals surface area contributed by atoms with E-state index in [2.05, 4.69) is 5.32 Å². The lowest BCUT2D eigenvalue weighted by Crippen LogP contribution is -2.39. The molecule has 0 aliphatic carbocycles. The molecule has 1 saturated heterocycles. The Morgan fingerprint density at radius 2 is 1.69 bits per heavy atom. The van der Waals surface area contributed by atoms with Crippen molar-refractivity contribution in [2.45, 2.75) is 5.37 Å². The average molecular weight is 416 g/mol. The molecule has 1 atom stereocenters. The highest BCUT2D eigenvalue weighted by Gasteiger charge is 2.33. The standard InChI is InChI=1S/C21H24N2O5S/c1-26-16-12-18(28-3)17(27-2)11-15(16)21-23(9-10-29-21)19(24)13-22-20(25)14-7-5-4-6-8-14/h4-8,11-12,21H,9-10,13H2,1-3H3,(H,22,25). The maximum absolute atomic E-state index is 12.8. The number of rotatable bonds is 7. The molecule has 0 saturated carbocycles. The molecule has 1 aliphatic heterocycles. The lowest BCUT2D eigenvalue weighted by Gasteiger charge is -2.26. The van der Waals surface area contributed by atoms with E-state index in [9.17, 15) is 9.59 Å². The summed E-state index contributed by atoms with van der Waals surface area (Å²) in [5.41, 5.74) is 1.35. The Hall–Kier alpha value is -2.87. The number of nitrogens with one attached hydrogen (secondary N) is 1. The van der Waals surface area contributed by atoms with Crippen LogP contribution in [0.15, 0.2) is 42.5 Å². The number of hydrogen-bond donors (Lipinski definition) is 1. The molecule has 29 heavy (non-hydrogen) atoms. The van der Waals surface area contributed by atoms with Gasteiger partial charge in [0.1, 0.15) is 11.1 Å². The first kappa shape index (κ1) is 20.9. The fourth-order valence-electron chi connectivity index (χ4n) is 3.18. The maximum Gasteiger partial charge on any atom is 0.251 e. The second kappa shape index (κ2) is 9.56. The van der Waals surface area contributed by atoms with Crippen LogP contribution in [0.25, 0.3) is 0 Å². The molecule has 7 nitrogen and oxygen atoms in total. The second-order valence-corrected chi connectivity index (χ2v) is 7.50. The zero-order valence-corrected chi connectivity index (χ0v) is 17.5. The summed E-state index contributed by atoms with van der Waals surface area (Å²) in [6.45, 7) is 0.521. The van der Waals surface area contributed by atoms with E-state index >= 15 is 0 Å². The van der Waals surface area contributed by atoms with Gasteiger partial charge in [0.25, 0.3) is 5.91 Å². The van der Waals surface area contributed by atoms with Crippen molar-refractivity contribution in [3.63, 3.8) is 0 Å². The molecule has 1 unspecified atom stereocenters. The fraction of sp³-hybridized carbons (Fsp3) is 0.333. The molecule has 0 aromatic heterocycles. The molecule has 1 fully saturated rings. The number of benzene rings is 2. The summed E-state index contributed by atoms with van der Waals surface area (Å²) in [4.78, 5) is 26.8. The predicted octanol–water partition coefficient (Wildman–Crippen LogP) is 2.72.